The van der Waals surface area contributed by atoms with Crippen molar-refractivity contribution in [3.05, 3.63) is 48.5 Å². The second-order valence-electron chi connectivity index (χ2n) is 3.16. The van der Waals surface area contributed by atoms with Gasteiger partial charge in [-0.25, -0.2) is 4.21 Å². The predicted molar refractivity (Wildman–Crippen MR) is 63.1 cm³/mol. The third-order valence-electron chi connectivity index (χ3n) is 2.30. The molecule has 0 radical (unpaired) electrons. The molecule has 0 aliphatic carbocycles. The molecule has 0 bridgehead atoms. The van der Waals surface area contributed by atoms with Crippen LogP contribution in [0, 0.1) is 0 Å². The summed E-state index contributed by atoms with van der Waals surface area (Å²) < 4.78 is 20.5. The van der Waals surface area contributed by atoms with Crippen LogP contribution in [0.1, 0.15) is 5.56 Å². The largest absolute Gasteiger partial charge is 0.302 e. The van der Waals surface area contributed by atoms with Crippen LogP contribution in [0.3, 0.4) is 0 Å². The minimum Gasteiger partial charge on any atom is -0.302 e. The van der Waals surface area contributed by atoms with Crippen molar-refractivity contribution in [3.8, 4) is 0 Å². The third-order valence-corrected chi connectivity index (χ3v) is 3.11. The number of hydrogen-bond acceptors (Lipinski definition) is 1. The lowest BCUT2D eigenvalue weighted by Crippen LogP contribution is -1.93. The lowest BCUT2D eigenvalue weighted by Gasteiger charge is -2.06. The standard InChI is InChI=1S/C12H10O2S/c1-2-9-7-8-10-5-3-4-6-11(10)12(9)15(13)14/h2-8H,1H2,(H,13,14). The SMILES string of the molecule is C=Cc1ccc2ccccc2c1S(=O)O. The van der Waals surface area contributed by atoms with Crippen molar-refractivity contribution in [2.75, 3.05) is 0 Å². The Morgan fingerprint density at radius 3 is 2.60 bits per heavy atom. The zero-order chi connectivity index (χ0) is 10.8. The number of fused-ring (bicyclic) bond motifs is 1. The van der Waals surface area contributed by atoms with E-state index in [1.807, 2.05) is 30.3 Å². The Balaban J connectivity index is 2.90. The van der Waals surface area contributed by atoms with Crippen LogP contribution < -0.4 is 0 Å². The van der Waals surface area contributed by atoms with Crippen LogP contribution in [0.4, 0.5) is 0 Å². The second kappa shape index (κ2) is 3.96. The average molecular weight is 218 g/mol. The molecule has 2 aromatic carbocycles. The molecule has 1 atom stereocenters. The first kappa shape index (κ1) is 10.1. The molecule has 1 unspecified atom stereocenters. The van der Waals surface area contributed by atoms with Crippen molar-refractivity contribution in [2.45, 2.75) is 4.90 Å². The fraction of sp³-hybridized carbons (Fsp3) is 0. The number of rotatable bonds is 2. The van der Waals surface area contributed by atoms with Gasteiger partial charge in [0.1, 0.15) is 0 Å². The summed E-state index contributed by atoms with van der Waals surface area (Å²) in [7, 11) is 0. The van der Waals surface area contributed by atoms with Gasteiger partial charge in [0.25, 0.3) is 0 Å². The van der Waals surface area contributed by atoms with Crippen molar-refractivity contribution >= 4 is 27.9 Å². The number of benzene rings is 2. The minimum atomic E-state index is -1.99. The van der Waals surface area contributed by atoms with Gasteiger partial charge in [0, 0.05) is 5.39 Å². The predicted octanol–water partition coefficient (Wildman–Crippen LogP) is 3.06. The van der Waals surface area contributed by atoms with Crippen LogP contribution in [0.15, 0.2) is 47.9 Å². The first-order chi connectivity index (χ1) is 7.24. The molecule has 15 heavy (non-hydrogen) atoms. The zero-order valence-corrected chi connectivity index (χ0v) is 8.83. The fourth-order valence-corrected chi connectivity index (χ4v) is 2.34. The molecule has 3 heteroatoms. The van der Waals surface area contributed by atoms with E-state index in [-0.39, 0.29) is 0 Å². The van der Waals surface area contributed by atoms with Crippen LogP contribution in [0.5, 0.6) is 0 Å². The van der Waals surface area contributed by atoms with Crippen LogP contribution in [-0.2, 0) is 11.1 Å². The summed E-state index contributed by atoms with van der Waals surface area (Å²) in [5.41, 5.74) is 0.703. The van der Waals surface area contributed by atoms with Gasteiger partial charge in [-0.15, -0.1) is 0 Å². The highest BCUT2D eigenvalue weighted by Gasteiger charge is 2.09. The summed E-state index contributed by atoms with van der Waals surface area (Å²) in [4.78, 5) is 0.433. The van der Waals surface area contributed by atoms with Crippen LogP contribution in [-0.4, -0.2) is 8.76 Å². The Labute approximate surface area is 90.5 Å². The van der Waals surface area contributed by atoms with Crippen molar-refractivity contribution < 1.29 is 8.76 Å². The second-order valence-corrected chi connectivity index (χ2v) is 4.06. The lowest BCUT2D eigenvalue weighted by atomic mass is 10.1. The monoisotopic (exact) mass is 218 g/mol. The quantitative estimate of drug-likeness (QED) is 0.786. The Morgan fingerprint density at radius 1 is 1.20 bits per heavy atom. The highest BCUT2D eigenvalue weighted by molar-refractivity contribution is 7.79. The molecule has 0 aromatic heterocycles. The zero-order valence-electron chi connectivity index (χ0n) is 8.01. The number of hydrogen-bond donors (Lipinski definition) is 1. The van der Waals surface area contributed by atoms with Crippen LogP contribution >= 0.6 is 0 Å². The Bertz CT molecular complexity index is 546. The molecule has 0 fully saturated rings. The molecule has 0 amide bonds. The minimum absolute atomic E-state index is 0.433. The van der Waals surface area contributed by atoms with Gasteiger partial charge >= 0.3 is 0 Å². The Kier molecular flexibility index (Phi) is 2.66. The van der Waals surface area contributed by atoms with E-state index in [0.717, 1.165) is 10.8 Å². The van der Waals surface area contributed by atoms with E-state index in [1.165, 1.54) is 0 Å². The molecule has 0 saturated heterocycles. The molecule has 76 valence electrons. The van der Waals surface area contributed by atoms with Gasteiger partial charge in [0.15, 0.2) is 11.1 Å². The van der Waals surface area contributed by atoms with Gasteiger partial charge in [-0.2, -0.15) is 0 Å². The first-order valence-electron chi connectivity index (χ1n) is 4.49. The Morgan fingerprint density at radius 2 is 1.93 bits per heavy atom. The van der Waals surface area contributed by atoms with Crippen molar-refractivity contribution in [3.63, 3.8) is 0 Å². The van der Waals surface area contributed by atoms with Crippen molar-refractivity contribution in [2.24, 2.45) is 0 Å². The molecule has 2 nitrogen and oxygen atoms in total. The topological polar surface area (TPSA) is 37.3 Å². The molecule has 0 aliphatic heterocycles. The Hall–Kier alpha value is -1.45. The van der Waals surface area contributed by atoms with E-state index in [2.05, 4.69) is 6.58 Å². The van der Waals surface area contributed by atoms with Gasteiger partial charge in [-0.1, -0.05) is 49.1 Å². The molecule has 0 saturated carbocycles. The van der Waals surface area contributed by atoms with E-state index < -0.39 is 11.1 Å². The van der Waals surface area contributed by atoms with E-state index in [4.69, 9.17) is 0 Å². The maximum absolute atomic E-state index is 11.3. The van der Waals surface area contributed by atoms with Gasteiger partial charge in [0.05, 0.1) is 4.90 Å². The van der Waals surface area contributed by atoms with Crippen LogP contribution in [0.25, 0.3) is 16.8 Å². The molecule has 0 spiro atoms. The summed E-state index contributed by atoms with van der Waals surface area (Å²) in [6, 6.07) is 11.2. The molecule has 2 rings (SSSR count). The molecule has 2 aromatic rings. The maximum atomic E-state index is 11.3. The fourth-order valence-electron chi connectivity index (χ4n) is 1.62. The first-order valence-corrected chi connectivity index (χ1v) is 5.60. The summed E-state index contributed by atoms with van der Waals surface area (Å²) in [6.07, 6.45) is 1.59. The molecule has 1 N–H and O–H groups in total. The van der Waals surface area contributed by atoms with Crippen LogP contribution in [0.2, 0.25) is 0 Å². The summed E-state index contributed by atoms with van der Waals surface area (Å²) >= 11 is -1.99. The summed E-state index contributed by atoms with van der Waals surface area (Å²) in [5.74, 6) is 0. The highest BCUT2D eigenvalue weighted by atomic mass is 32.2. The lowest BCUT2D eigenvalue weighted by molar-refractivity contribution is 0.565. The van der Waals surface area contributed by atoms with E-state index >= 15 is 0 Å². The molecular weight excluding hydrogens is 208 g/mol. The van der Waals surface area contributed by atoms with Gasteiger partial charge in [-0.3, -0.25) is 0 Å². The van der Waals surface area contributed by atoms with E-state index in [1.54, 1.807) is 12.1 Å². The molecule has 0 aliphatic rings. The highest BCUT2D eigenvalue weighted by Crippen LogP contribution is 2.25. The van der Waals surface area contributed by atoms with Gasteiger partial charge < -0.3 is 4.55 Å². The van der Waals surface area contributed by atoms with Crippen molar-refractivity contribution in [1.82, 2.24) is 0 Å². The molecule has 0 heterocycles. The summed E-state index contributed by atoms with van der Waals surface area (Å²) in [6.45, 7) is 3.64. The van der Waals surface area contributed by atoms with Gasteiger partial charge in [0.2, 0.25) is 0 Å². The smallest absolute Gasteiger partial charge is 0.187 e. The summed E-state index contributed by atoms with van der Waals surface area (Å²) in [5, 5.41) is 1.76. The van der Waals surface area contributed by atoms with E-state index in [0.29, 0.717) is 10.5 Å². The molecular formula is C12H10O2S. The third kappa shape index (κ3) is 1.71. The average Bonchev–Trinajstić information content (AvgIpc) is 2.27. The van der Waals surface area contributed by atoms with Crippen molar-refractivity contribution in [1.29, 1.82) is 0 Å². The maximum Gasteiger partial charge on any atom is 0.187 e. The van der Waals surface area contributed by atoms with Gasteiger partial charge in [-0.05, 0) is 10.9 Å². The normalized spacial score (nSPS) is 12.6. The van der Waals surface area contributed by atoms with E-state index in [9.17, 15) is 8.76 Å².